The van der Waals surface area contributed by atoms with E-state index in [-0.39, 0.29) is 5.78 Å². The third kappa shape index (κ3) is 7.64. The second-order valence-electron chi connectivity index (χ2n) is 7.19. The number of hydrogen-bond donors (Lipinski definition) is 0. The van der Waals surface area contributed by atoms with E-state index in [2.05, 4.69) is 39.2 Å². The molecule has 1 rings (SSSR count). The summed E-state index contributed by atoms with van der Waals surface area (Å²) in [4.78, 5) is 14.9. The lowest BCUT2D eigenvalue weighted by atomic mass is 9.93. The maximum Gasteiger partial charge on any atom is 0.163 e. The molecule has 0 fully saturated rings. The molecule has 0 aliphatic carbocycles. The Balaban J connectivity index is 2.62. The van der Waals surface area contributed by atoms with Gasteiger partial charge in [-0.3, -0.25) is 4.79 Å². The summed E-state index contributed by atoms with van der Waals surface area (Å²) >= 11 is 5.90. The van der Waals surface area contributed by atoms with Gasteiger partial charge in [-0.2, -0.15) is 0 Å². The van der Waals surface area contributed by atoms with Crippen molar-refractivity contribution >= 4 is 17.4 Å². The Kier molecular flexibility index (Phi) is 9.89. The van der Waals surface area contributed by atoms with Gasteiger partial charge < -0.3 is 4.90 Å². The lowest BCUT2D eigenvalue weighted by Gasteiger charge is -2.34. The largest absolute Gasteiger partial charge is 0.373 e. The van der Waals surface area contributed by atoms with Crippen molar-refractivity contribution in [3.8, 4) is 0 Å². The SMILES string of the molecule is C=C(CCC)N(CCCC)C(C)CC(C)CC(=O)c1ccc(Cl)cc1. The molecule has 0 heterocycles. The first kappa shape index (κ1) is 21.8. The first-order chi connectivity index (χ1) is 11.9. The molecule has 0 spiro atoms. The smallest absolute Gasteiger partial charge is 0.163 e. The summed E-state index contributed by atoms with van der Waals surface area (Å²) in [5, 5.41) is 0.666. The molecule has 0 amide bonds. The molecular formula is C22H34ClNO. The molecule has 0 N–H and O–H groups in total. The Labute approximate surface area is 159 Å². The number of benzene rings is 1. The third-order valence-corrected chi connectivity index (χ3v) is 4.92. The van der Waals surface area contributed by atoms with Crippen LogP contribution in [0.5, 0.6) is 0 Å². The fraction of sp³-hybridized carbons (Fsp3) is 0.591. The average molecular weight is 364 g/mol. The van der Waals surface area contributed by atoms with Gasteiger partial charge in [-0.1, -0.05) is 51.8 Å². The molecule has 2 atom stereocenters. The van der Waals surface area contributed by atoms with Crippen LogP contribution in [0.3, 0.4) is 0 Å². The maximum absolute atomic E-state index is 12.5. The summed E-state index contributed by atoms with van der Waals surface area (Å²) in [5.41, 5.74) is 1.99. The molecule has 0 aliphatic rings. The number of carbonyl (C=O) groups is 1. The minimum atomic E-state index is 0.198. The summed E-state index contributed by atoms with van der Waals surface area (Å²) in [5.74, 6) is 0.542. The van der Waals surface area contributed by atoms with E-state index >= 15 is 0 Å². The minimum Gasteiger partial charge on any atom is -0.373 e. The van der Waals surface area contributed by atoms with Crippen LogP contribution in [-0.4, -0.2) is 23.3 Å². The van der Waals surface area contributed by atoms with Crippen LogP contribution in [0.1, 0.15) is 76.6 Å². The number of hydrogen-bond acceptors (Lipinski definition) is 2. The Bertz CT molecular complexity index is 537. The van der Waals surface area contributed by atoms with Crippen molar-refractivity contribution in [1.82, 2.24) is 4.90 Å². The van der Waals surface area contributed by atoms with Gasteiger partial charge in [0, 0.05) is 35.3 Å². The van der Waals surface area contributed by atoms with E-state index in [1.54, 1.807) is 12.1 Å². The topological polar surface area (TPSA) is 20.3 Å². The van der Waals surface area contributed by atoms with E-state index in [1.165, 1.54) is 18.5 Å². The molecule has 0 aliphatic heterocycles. The van der Waals surface area contributed by atoms with E-state index in [1.807, 2.05) is 12.1 Å². The zero-order chi connectivity index (χ0) is 18.8. The van der Waals surface area contributed by atoms with Gasteiger partial charge in [-0.15, -0.1) is 0 Å². The van der Waals surface area contributed by atoms with Gasteiger partial charge >= 0.3 is 0 Å². The standard InChI is InChI=1S/C22H34ClNO/c1-6-8-14-24(18(4)9-7-2)19(5)15-17(3)16-22(25)20-10-12-21(23)13-11-20/h10-13,17,19H,4,6-9,14-16H2,1-3,5H3. The van der Waals surface area contributed by atoms with Crippen LogP contribution in [0.2, 0.25) is 5.02 Å². The van der Waals surface area contributed by atoms with Crippen molar-refractivity contribution in [2.45, 2.75) is 72.3 Å². The highest BCUT2D eigenvalue weighted by atomic mass is 35.5. The summed E-state index contributed by atoms with van der Waals surface area (Å²) in [6.07, 6.45) is 6.13. The van der Waals surface area contributed by atoms with Crippen LogP contribution >= 0.6 is 11.6 Å². The quantitative estimate of drug-likeness (QED) is 0.383. The van der Waals surface area contributed by atoms with E-state index in [0.717, 1.165) is 31.4 Å². The molecule has 0 aromatic heterocycles. The van der Waals surface area contributed by atoms with Crippen LogP contribution in [-0.2, 0) is 0 Å². The predicted molar refractivity (Wildman–Crippen MR) is 109 cm³/mol. The second-order valence-corrected chi connectivity index (χ2v) is 7.62. The van der Waals surface area contributed by atoms with Gasteiger partial charge in [0.1, 0.15) is 0 Å². The van der Waals surface area contributed by atoms with E-state index < -0.39 is 0 Å². The van der Waals surface area contributed by atoms with Gasteiger partial charge in [0.05, 0.1) is 0 Å². The fourth-order valence-corrected chi connectivity index (χ4v) is 3.44. The number of rotatable bonds is 12. The predicted octanol–water partition coefficient (Wildman–Crippen LogP) is 6.74. The summed E-state index contributed by atoms with van der Waals surface area (Å²) in [6, 6.07) is 7.61. The number of ketones is 1. The molecule has 3 heteroatoms. The second kappa shape index (κ2) is 11.4. The Hall–Kier alpha value is -1.28. The Morgan fingerprint density at radius 3 is 2.36 bits per heavy atom. The zero-order valence-electron chi connectivity index (χ0n) is 16.4. The van der Waals surface area contributed by atoms with Crippen LogP contribution < -0.4 is 0 Å². The van der Waals surface area contributed by atoms with Crippen molar-refractivity contribution in [3.63, 3.8) is 0 Å². The van der Waals surface area contributed by atoms with E-state index in [4.69, 9.17) is 11.6 Å². The van der Waals surface area contributed by atoms with Crippen molar-refractivity contribution in [3.05, 3.63) is 47.1 Å². The summed E-state index contributed by atoms with van der Waals surface area (Å²) in [6.45, 7) is 14.2. The molecular weight excluding hydrogens is 330 g/mol. The molecule has 0 saturated carbocycles. The molecule has 1 aromatic rings. The lowest BCUT2D eigenvalue weighted by Crippen LogP contribution is -2.34. The lowest BCUT2D eigenvalue weighted by molar-refractivity contribution is 0.0955. The van der Waals surface area contributed by atoms with Gasteiger partial charge in [0.25, 0.3) is 0 Å². The molecule has 2 nitrogen and oxygen atoms in total. The zero-order valence-corrected chi connectivity index (χ0v) is 17.1. The van der Waals surface area contributed by atoms with Gasteiger partial charge in [0.15, 0.2) is 5.78 Å². The van der Waals surface area contributed by atoms with E-state index in [0.29, 0.717) is 23.4 Å². The normalized spacial score (nSPS) is 13.3. The fourth-order valence-electron chi connectivity index (χ4n) is 3.31. The molecule has 25 heavy (non-hydrogen) atoms. The van der Waals surface area contributed by atoms with Gasteiger partial charge in [0.2, 0.25) is 0 Å². The molecule has 0 bridgehead atoms. The number of Topliss-reactive ketones (excluding diaryl/α,β-unsaturated/α-hetero) is 1. The van der Waals surface area contributed by atoms with Gasteiger partial charge in [-0.25, -0.2) is 0 Å². The van der Waals surface area contributed by atoms with Crippen LogP contribution in [0.25, 0.3) is 0 Å². The number of carbonyl (C=O) groups excluding carboxylic acids is 1. The minimum absolute atomic E-state index is 0.198. The van der Waals surface area contributed by atoms with Crippen molar-refractivity contribution in [2.75, 3.05) is 6.54 Å². The number of nitrogens with zero attached hydrogens (tertiary/aromatic N) is 1. The molecule has 140 valence electrons. The maximum atomic E-state index is 12.5. The highest BCUT2D eigenvalue weighted by Gasteiger charge is 2.19. The highest BCUT2D eigenvalue weighted by Crippen LogP contribution is 2.22. The first-order valence-electron chi connectivity index (χ1n) is 9.62. The molecule has 0 saturated heterocycles. The Morgan fingerprint density at radius 1 is 1.16 bits per heavy atom. The average Bonchev–Trinajstić information content (AvgIpc) is 2.55. The molecule has 0 radical (unpaired) electrons. The summed E-state index contributed by atoms with van der Waals surface area (Å²) < 4.78 is 0. The molecule has 1 aromatic carbocycles. The van der Waals surface area contributed by atoms with Crippen LogP contribution in [0.4, 0.5) is 0 Å². The van der Waals surface area contributed by atoms with Crippen molar-refractivity contribution in [1.29, 1.82) is 0 Å². The van der Waals surface area contributed by atoms with Crippen LogP contribution in [0, 0.1) is 5.92 Å². The number of unbranched alkanes of at least 4 members (excludes halogenated alkanes) is 1. The number of allylic oxidation sites excluding steroid dienone is 1. The summed E-state index contributed by atoms with van der Waals surface area (Å²) in [7, 11) is 0. The van der Waals surface area contributed by atoms with Crippen LogP contribution in [0.15, 0.2) is 36.5 Å². The third-order valence-electron chi connectivity index (χ3n) is 4.67. The van der Waals surface area contributed by atoms with Crippen molar-refractivity contribution < 1.29 is 4.79 Å². The first-order valence-corrected chi connectivity index (χ1v) is 9.99. The van der Waals surface area contributed by atoms with Crippen molar-refractivity contribution in [2.24, 2.45) is 5.92 Å². The Morgan fingerprint density at radius 2 is 1.80 bits per heavy atom. The van der Waals surface area contributed by atoms with E-state index in [9.17, 15) is 4.79 Å². The van der Waals surface area contributed by atoms with Gasteiger partial charge in [-0.05, 0) is 56.4 Å². The number of halogens is 1. The monoisotopic (exact) mass is 363 g/mol. The highest BCUT2D eigenvalue weighted by molar-refractivity contribution is 6.30. The molecule has 2 unspecified atom stereocenters.